The van der Waals surface area contributed by atoms with Crippen LogP contribution in [0.5, 0.6) is 0 Å². The van der Waals surface area contributed by atoms with Crippen LogP contribution in [0.3, 0.4) is 0 Å². The second-order valence-corrected chi connectivity index (χ2v) is 7.28. The van der Waals surface area contributed by atoms with Crippen molar-refractivity contribution in [2.24, 2.45) is 0 Å². The molecule has 0 amide bonds. The topological polar surface area (TPSA) is 40.1 Å². The van der Waals surface area contributed by atoms with Crippen LogP contribution in [-0.4, -0.2) is 10.8 Å². The molecular formula is C18H34BrNaO2. The van der Waals surface area contributed by atoms with Gasteiger partial charge in [-0.05, 0) is 6.42 Å². The second kappa shape index (κ2) is 20.0. The van der Waals surface area contributed by atoms with Crippen LogP contribution in [0.25, 0.3) is 0 Å². The molecule has 0 saturated carbocycles. The van der Waals surface area contributed by atoms with Crippen molar-refractivity contribution in [3.8, 4) is 0 Å². The van der Waals surface area contributed by atoms with Crippen LogP contribution >= 0.6 is 15.9 Å². The molecule has 1 unspecified atom stereocenters. The summed E-state index contributed by atoms with van der Waals surface area (Å²) in [6, 6.07) is 0. The molecule has 0 radical (unpaired) electrons. The molecule has 0 aliphatic heterocycles. The predicted octanol–water partition coefficient (Wildman–Crippen LogP) is 2.38. The molecule has 0 aliphatic carbocycles. The van der Waals surface area contributed by atoms with Crippen molar-refractivity contribution < 1.29 is 39.5 Å². The van der Waals surface area contributed by atoms with E-state index in [-0.39, 0.29) is 29.6 Å². The van der Waals surface area contributed by atoms with Gasteiger partial charge in [-0.25, -0.2) is 0 Å². The van der Waals surface area contributed by atoms with Crippen LogP contribution in [0.1, 0.15) is 103 Å². The molecule has 0 aliphatic rings. The van der Waals surface area contributed by atoms with E-state index in [4.69, 9.17) is 0 Å². The first-order valence-corrected chi connectivity index (χ1v) is 9.95. The maximum Gasteiger partial charge on any atom is 1.00 e. The van der Waals surface area contributed by atoms with Crippen LogP contribution < -0.4 is 34.7 Å². The van der Waals surface area contributed by atoms with Gasteiger partial charge in [-0.3, -0.25) is 0 Å². The molecule has 0 spiro atoms. The molecule has 0 aromatic heterocycles. The minimum absolute atomic E-state index is 0. The number of unbranched alkanes of at least 4 members (excludes halogenated alkanes) is 13. The number of hydrogen-bond donors (Lipinski definition) is 0. The first kappa shape index (κ1) is 25.2. The largest absolute Gasteiger partial charge is 1.00 e. The van der Waals surface area contributed by atoms with Gasteiger partial charge in [-0.2, -0.15) is 0 Å². The molecule has 0 heterocycles. The Kier molecular flexibility index (Phi) is 22.9. The fourth-order valence-electron chi connectivity index (χ4n) is 2.64. The number of halogens is 1. The Balaban J connectivity index is 0. The molecule has 0 bridgehead atoms. The summed E-state index contributed by atoms with van der Waals surface area (Å²) in [5.41, 5.74) is 0. The zero-order valence-corrected chi connectivity index (χ0v) is 18.5. The van der Waals surface area contributed by atoms with Gasteiger partial charge in [0.1, 0.15) is 0 Å². The van der Waals surface area contributed by atoms with Gasteiger partial charge in [-0.15, -0.1) is 0 Å². The number of carbonyl (C=O) groups is 1. The Hall–Kier alpha value is 0.950. The zero-order valence-electron chi connectivity index (χ0n) is 14.9. The molecule has 2 nitrogen and oxygen atoms in total. The quantitative estimate of drug-likeness (QED) is 0.233. The Morgan fingerprint density at radius 2 is 1.09 bits per heavy atom. The van der Waals surface area contributed by atoms with Crippen molar-refractivity contribution in [3.63, 3.8) is 0 Å². The molecule has 1 atom stereocenters. The number of aliphatic carboxylic acids is 1. The van der Waals surface area contributed by atoms with Crippen molar-refractivity contribution >= 4 is 21.9 Å². The average molecular weight is 385 g/mol. The van der Waals surface area contributed by atoms with E-state index < -0.39 is 10.8 Å². The van der Waals surface area contributed by atoms with Gasteiger partial charge in [0.2, 0.25) is 0 Å². The van der Waals surface area contributed by atoms with E-state index in [2.05, 4.69) is 22.9 Å². The SMILES string of the molecule is CCCCCCCCCCCCCCCCC(Br)C(=O)[O-].[Na+]. The van der Waals surface area contributed by atoms with Gasteiger partial charge in [-0.1, -0.05) is 113 Å². The number of hydrogen-bond acceptors (Lipinski definition) is 2. The smallest absolute Gasteiger partial charge is 0.549 e. The fourth-order valence-corrected chi connectivity index (χ4v) is 2.96. The molecule has 22 heavy (non-hydrogen) atoms. The summed E-state index contributed by atoms with van der Waals surface area (Å²) in [6.07, 6.45) is 19.3. The third-order valence-corrected chi connectivity index (χ3v) is 4.90. The predicted molar refractivity (Wildman–Crippen MR) is 92.7 cm³/mol. The Morgan fingerprint density at radius 3 is 1.41 bits per heavy atom. The van der Waals surface area contributed by atoms with Crippen molar-refractivity contribution in [1.82, 2.24) is 0 Å². The molecule has 0 aromatic carbocycles. The van der Waals surface area contributed by atoms with E-state index in [0.29, 0.717) is 6.42 Å². The molecule has 0 aromatic rings. The molecule has 4 heteroatoms. The van der Waals surface area contributed by atoms with Crippen LogP contribution in [-0.2, 0) is 4.79 Å². The molecule has 126 valence electrons. The standard InChI is InChI=1S/C18H35BrO2.Na/c1-2-3-4-5-6-7-8-9-10-11-12-13-14-15-16-17(19)18(20)21;/h17H,2-16H2,1H3,(H,20,21);/q;+1/p-1. The van der Waals surface area contributed by atoms with E-state index in [0.717, 1.165) is 12.8 Å². The first-order chi connectivity index (χ1) is 10.2. The van der Waals surface area contributed by atoms with E-state index >= 15 is 0 Å². The molecular weight excluding hydrogens is 351 g/mol. The third-order valence-electron chi connectivity index (χ3n) is 4.07. The maximum atomic E-state index is 10.5. The van der Waals surface area contributed by atoms with Gasteiger partial charge < -0.3 is 9.90 Å². The molecule has 0 rings (SSSR count). The van der Waals surface area contributed by atoms with E-state index in [1.54, 1.807) is 0 Å². The summed E-state index contributed by atoms with van der Waals surface area (Å²) < 4.78 is 0. The number of carboxylic acids is 1. The monoisotopic (exact) mass is 384 g/mol. The number of carboxylic acid groups (broad SMARTS) is 1. The van der Waals surface area contributed by atoms with E-state index in [1.807, 2.05) is 0 Å². The summed E-state index contributed by atoms with van der Waals surface area (Å²) in [4.78, 5) is 10.0. The number of alkyl halides is 1. The van der Waals surface area contributed by atoms with Gasteiger partial charge in [0.15, 0.2) is 0 Å². The van der Waals surface area contributed by atoms with Gasteiger partial charge in [0.25, 0.3) is 0 Å². The van der Waals surface area contributed by atoms with Crippen LogP contribution in [0, 0.1) is 0 Å². The van der Waals surface area contributed by atoms with Crippen molar-refractivity contribution in [3.05, 3.63) is 0 Å². The normalized spacial score (nSPS) is 11.9. The summed E-state index contributed by atoms with van der Waals surface area (Å²) in [6.45, 7) is 2.27. The third kappa shape index (κ3) is 19.0. The molecule has 0 N–H and O–H groups in total. The van der Waals surface area contributed by atoms with Crippen molar-refractivity contribution in [1.29, 1.82) is 0 Å². The van der Waals surface area contributed by atoms with Crippen LogP contribution in [0.4, 0.5) is 0 Å². The van der Waals surface area contributed by atoms with Crippen molar-refractivity contribution in [2.75, 3.05) is 0 Å². The zero-order chi connectivity index (χ0) is 15.8. The van der Waals surface area contributed by atoms with Gasteiger partial charge in [0.05, 0.1) is 10.8 Å². The Morgan fingerprint density at radius 1 is 0.773 bits per heavy atom. The maximum absolute atomic E-state index is 10.5. The summed E-state index contributed by atoms with van der Waals surface area (Å²) in [7, 11) is 0. The van der Waals surface area contributed by atoms with E-state index in [9.17, 15) is 9.90 Å². The minimum Gasteiger partial charge on any atom is -0.549 e. The minimum atomic E-state index is -0.982. The molecule has 0 saturated heterocycles. The van der Waals surface area contributed by atoms with E-state index in [1.165, 1.54) is 77.0 Å². The first-order valence-electron chi connectivity index (χ1n) is 9.03. The van der Waals surface area contributed by atoms with Crippen molar-refractivity contribution in [2.45, 2.75) is 108 Å². The summed E-state index contributed by atoms with van der Waals surface area (Å²) in [5.74, 6) is -0.982. The average Bonchev–Trinajstić information content (AvgIpc) is 2.47. The second-order valence-electron chi connectivity index (χ2n) is 6.17. The number of carbonyl (C=O) groups excluding carboxylic acids is 1. The van der Waals surface area contributed by atoms with Crippen LogP contribution in [0.15, 0.2) is 0 Å². The van der Waals surface area contributed by atoms with Gasteiger partial charge in [0, 0.05) is 0 Å². The number of rotatable bonds is 16. The fraction of sp³-hybridized carbons (Fsp3) is 0.944. The summed E-state index contributed by atoms with van der Waals surface area (Å²) in [5, 5.41) is 10.5. The van der Waals surface area contributed by atoms with Gasteiger partial charge >= 0.3 is 29.6 Å². The molecule has 0 fully saturated rings. The van der Waals surface area contributed by atoms with Crippen LogP contribution in [0.2, 0.25) is 0 Å². The Bertz CT molecular complexity index is 237. The Labute approximate surface area is 168 Å². The summed E-state index contributed by atoms with van der Waals surface area (Å²) >= 11 is 3.12.